The summed E-state index contributed by atoms with van der Waals surface area (Å²) < 4.78 is 50.2. The molecule has 0 fully saturated rings. The zero-order valence-corrected chi connectivity index (χ0v) is 24.6. The van der Waals surface area contributed by atoms with Crippen molar-refractivity contribution in [2.45, 2.75) is 4.90 Å². The summed E-state index contributed by atoms with van der Waals surface area (Å²) in [6.07, 6.45) is 0. The second kappa shape index (κ2) is 14.1. The van der Waals surface area contributed by atoms with Crippen LogP contribution in [-0.4, -0.2) is 54.7 Å². The summed E-state index contributed by atoms with van der Waals surface area (Å²) in [6.45, 7) is -0.872. The highest BCUT2D eigenvalue weighted by atomic mass is 32.2. The molecule has 0 unspecified atom stereocenters. The molecule has 0 radical (unpaired) electrons. The summed E-state index contributed by atoms with van der Waals surface area (Å²) in [6, 6.07) is 25.8. The standard InChI is InChI=1S/C31H31N3O8S/c1-39-27-13-7-4-10-24(27)32-30(35)20-34(26-12-6-9-15-29(26)41-3)43(37,38)23-18-16-22(17-19-23)42-21-31(36)33-25-11-5-8-14-28(25)40-2/h4-19H,20-21H2,1-3H3,(H,32,35)(H,33,36). The lowest BCUT2D eigenvalue weighted by molar-refractivity contribution is -0.118. The van der Waals surface area contributed by atoms with Crippen LogP contribution < -0.4 is 33.9 Å². The number of nitrogens with zero attached hydrogens (tertiary/aromatic N) is 1. The fourth-order valence-electron chi connectivity index (χ4n) is 4.12. The van der Waals surface area contributed by atoms with Gasteiger partial charge in [-0.25, -0.2) is 8.42 Å². The fourth-order valence-corrected chi connectivity index (χ4v) is 5.55. The fraction of sp³-hybridized carbons (Fsp3) is 0.161. The van der Waals surface area contributed by atoms with Crippen molar-refractivity contribution in [3.8, 4) is 23.0 Å². The molecule has 0 aliphatic carbocycles. The van der Waals surface area contributed by atoms with Crippen LogP contribution in [0.15, 0.2) is 102 Å². The third-order valence-electron chi connectivity index (χ3n) is 6.18. The summed E-state index contributed by atoms with van der Waals surface area (Å²) in [5, 5.41) is 5.41. The van der Waals surface area contributed by atoms with Crippen LogP contribution >= 0.6 is 0 Å². The molecular weight excluding hydrogens is 574 g/mol. The van der Waals surface area contributed by atoms with Crippen LogP contribution in [0.3, 0.4) is 0 Å². The molecule has 0 heterocycles. The molecule has 0 atom stereocenters. The highest BCUT2D eigenvalue weighted by Crippen LogP contribution is 2.33. The van der Waals surface area contributed by atoms with Crippen LogP contribution in [0.5, 0.6) is 23.0 Å². The lowest BCUT2D eigenvalue weighted by Gasteiger charge is -2.25. The van der Waals surface area contributed by atoms with Crippen molar-refractivity contribution in [1.29, 1.82) is 0 Å². The first kappa shape index (κ1) is 30.7. The summed E-state index contributed by atoms with van der Waals surface area (Å²) in [4.78, 5) is 25.4. The van der Waals surface area contributed by atoms with Crippen LogP contribution in [0, 0.1) is 0 Å². The topological polar surface area (TPSA) is 132 Å². The van der Waals surface area contributed by atoms with Gasteiger partial charge in [-0.15, -0.1) is 0 Å². The maximum atomic E-state index is 13.9. The highest BCUT2D eigenvalue weighted by molar-refractivity contribution is 7.92. The molecule has 0 aliphatic heterocycles. The number of ether oxygens (including phenoxy) is 4. The molecule has 4 rings (SSSR count). The normalized spacial score (nSPS) is 10.8. The smallest absolute Gasteiger partial charge is 0.264 e. The first-order valence-electron chi connectivity index (χ1n) is 13.0. The van der Waals surface area contributed by atoms with Crippen LogP contribution in [0.4, 0.5) is 17.1 Å². The zero-order chi connectivity index (χ0) is 30.8. The number of rotatable bonds is 13. The zero-order valence-electron chi connectivity index (χ0n) is 23.8. The Morgan fingerprint density at radius 2 is 1.14 bits per heavy atom. The number of nitrogens with one attached hydrogen (secondary N) is 2. The second-order valence-electron chi connectivity index (χ2n) is 8.94. The van der Waals surface area contributed by atoms with E-state index in [0.717, 1.165) is 4.31 Å². The molecule has 4 aromatic rings. The Bertz CT molecular complexity index is 1680. The maximum absolute atomic E-state index is 13.9. The number of benzene rings is 4. The molecule has 0 saturated carbocycles. The van der Waals surface area contributed by atoms with Gasteiger partial charge in [-0.3, -0.25) is 13.9 Å². The van der Waals surface area contributed by atoms with Crippen molar-refractivity contribution < 1.29 is 37.0 Å². The SMILES string of the molecule is COc1ccccc1NC(=O)COc1ccc(S(=O)(=O)N(CC(=O)Nc2ccccc2OC)c2ccccc2OC)cc1. The number of sulfonamides is 1. The van der Waals surface area contributed by atoms with Crippen molar-refractivity contribution in [3.63, 3.8) is 0 Å². The third-order valence-corrected chi connectivity index (χ3v) is 7.96. The molecule has 2 amide bonds. The van der Waals surface area contributed by atoms with Gasteiger partial charge in [0.05, 0.1) is 43.3 Å². The van der Waals surface area contributed by atoms with Crippen molar-refractivity contribution in [2.75, 3.05) is 49.4 Å². The Labute approximate surface area is 250 Å². The van der Waals surface area contributed by atoms with Gasteiger partial charge >= 0.3 is 0 Å². The van der Waals surface area contributed by atoms with Gasteiger partial charge in [0.2, 0.25) is 5.91 Å². The minimum atomic E-state index is -4.27. The highest BCUT2D eigenvalue weighted by Gasteiger charge is 2.29. The van der Waals surface area contributed by atoms with Gasteiger partial charge in [-0.05, 0) is 60.7 Å². The molecule has 0 aliphatic rings. The summed E-state index contributed by atoms with van der Waals surface area (Å²) in [7, 11) is 0.106. The lowest BCUT2D eigenvalue weighted by atomic mass is 10.2. The monoisotopic (exact) mass is 605 g/mol. The number of carbonyl (C=O) groups excluding carboxylic acids is 2. The molecule has 11 nitrogen and oxygen atoms in total. The molecule has 224 valence electrons. The Hall–Kier alpha value is -5.23. The van der Waals surface area contributed by atoms with E-state index in [0.29, 0.717) is 22.9 Å². The van der Waals surface area contributed by atoms with Gasteiger partial charge in [-0.1, -0.05) is 36.4 Å². The Morgan fingerprint density at radius 1 is 0.651 bits per heavy atom. The van der Waals surface area contributed by atoms with Crippen LogP contribution in [0.25, 0.3) is 0 Å². The minimum Gasteiger partial charge on any atom is -0.495 e. The van der Waals surface area contributed by atoms with E-state index in [4.69, 9.17) is 18.9 Å². The number of hydrogen-bond acceptors (Lipinski definition) is 8. The predicted octanol–water partition coefficient (Wildman–Crippen LogP) is 4.56. The number of carbonyl (C=O) groups is 2. The molecule has 0 saturated heterocycles. The first-order chi connectivity index (χ1) is 20.8. The molecule has 0 spiro atoms. The van der Waals surface area contributed by atoms with Crippen LogP contribution in [-0.2, 0) is 19.6 Å². The molecule has 0 bridgehead atoms. The quantitative estimate of drug-likeness (QED) is 0.227. The number of amides is 2. The van der Waals surface area contributed by atoms with Gasteiger partial charge in [0, 0.05) is 0 Å². The molecule has 2 N–H and O–H groups in total. The Balaban J connectivity index is 1.52. The molecular formula is C31H31N3O8S. The van der Waals surface area contributed by atoms with Crippen molar-refractivity contribution >= 4 is 38.9 Å². The van der Waals surface area contributed by atoms with Crippen molar-refractivity contribution in [2.24, 2.45) is 0 Å². The predicted molar refractivity (Wildman–Crippen MR) is 163 cm³/mol. The summed E-state index contributed by atoms with van der Waals surface area (Å²) in [5.41, 5.74) is 1.06. The molecule has 4 aromatic carbocycles. The van der Waals surface area contributed by atoms with Gasteiger partial charge in [0.25, 0.3) is 15.9 Å². The van der Waals surface area contributed by atoms with Gasteiger partial charge in [0.1, 0.15) is 29.5 Å². The van der Waals surface area contributed by atoms with E-state index in [1.807, 2.05) is 0 Å². The Morgan fingerprint density at radius 3 is 1.70 bits per heavy atom. The molecule has 0 aromatic heterocycles. The van der Waals surface area contributed by atoms with Crippen LogP contribution in [0.1, 0.15) is 0 Å². The lowest BCUT2D eigenvalue weighted by Crippen LogP contribution is -2.38. The average molecular weight is 606 g/mol. The van der Waals surface area contributed by atoms with E-state index in [2.05, 4.69) is 10.6 Å². The maximum Gasteiger partial charge on any atom is 0.264 e. The molecule has 12 heteroatoms. The van der Waals surface area contributed by atoms with E-state index in [-0.39, 0.29) is 28.7 Å². The number of methoxy groups -OCH3 is 3. The largest absolute Gasteiger partial charge is 0.495 e. The van der Waals surface area contributed by atoms with Crippen LogP contribution in [0.2, 0.25) is 0 Å². The summed E-state index contributed by atoms with van der Waals surface area (Å²) in [5.74, 6) is 0.435. The van der Waals surface area contributed by atoms with E-state index in [1.54, 1.807) is 72.8 Å². The van der Waals surface area contributed by atoms with E-state index >= 15 is 0 Å². The first-order valence-corrected chi connectivity index (χ1v) is 14.4. The number of anilines is 3. The number of para-hydroxylation sites is 6. The van der Waals surface area contributed by atoms with E-state index < -0.39 is 28.4 Å². The van der Waals surface area contributed by atoms with Gasteiger partial charge in [0.15, 0.2) is 6.61 Å². The van der Waals surface area contributed by atoms with Crippen molar-refractivity contribution in [1.82, 2.24) is 0 Å². The minimum absolute atomic E-state index is 0.102. The van der Waals surface area contributed by atoms with E-state index in [1.165, 1.54) is 45.6 Å². The average Bonchev–Trinajstić information content (AvgIpc) is 3.03. The third kappa shape index (κ3) is 7.54. The van der Waals surface area contributed by atoms with E-state index in [9.17, 15) is 18.0 Å². The van der Waals surface area contributed by atoms with Gasteiger partial charge in [-0.2, -0.15) is 0 Å². The van der Waals surface area contributed by atoms with Crippen molar-refractivity contribution in [3.05, 3.63) is 97.1 Å². The van der Waals surface area contributed by atoms with Gasteiger partial charge < -0.3 is 29.6 Å². The Kier molecular flexibility index (Phi) is 10.1. The summed E-state index contributed by atoms with van der Waals surface area (Å²) >= 11 is 0. The molecule has 43 heavy (non-hydrogen) atoms. The second-order valence-corrected chi connectivity index (χ2v) is 10.8. The number of hydrogen-bond donors (Lipinski definition) is 2.